The van der Waals surface area contributed by atoms with E-state index in [1.54, 1.807) is 22.0 Å². The van der Waals surface area contributed by atoms with Gasteiger partial charge in [-0.05, 0) is 31.2 Å². The summed E-state index contributed by atoms with van der Waals surface area (Å²) in [5, 5.41) is 10.4. The molecule has 4 fully saturated rings. The summed E-state index contributed by atoms with van der Waals surface area (Å²) in [5.74, 6) is -2.16. The number of hydrogen-bond acceptors (Lipinski definition) is 5. The zero-order valence-corrected chi connectivity index (χ0v) is 26.2. The Hall–Kier alpha value is -2.49. The van der Waals surface area contributed by atoms with Crippen molar-refractivity contribution < 1.29 is 24.2 Å². The molecule has 1 saturated carbocycles. The summed E-state index contributed by atoms with van der Waals surface area (Å²) in [6, 6.07) is 8.34. The van der Waals surface area contributed by atoms with Gasteiger partial charge in [-0.25, -0.2) is 0 Å². The first-order valence-corrected chi connectivity index (χ1v) is 16.3. The van der Waals surface area contributed by atoms with E-state index in [1.165, 1.54) is 0 Å². The van der Waals surface area contributed by atoms with Crippen LogP contribution in [0.15, 0.2) is 55.6 Å². The van der Waals surface area contributed by atoms with Crippen molar-refractivity contribution in [2.24, 2.45) is 11.8 Å². The summed E-state index contributed by atoms with van der Waals surface area (Å²) in [5.41, 5.74) is -0.176. The lowest BCUT2D eigenvalue weighted by molar-refractivity contribution is -0.153. The van der Waals surface area contributed by atoms with Crippen LogP contribution in [0.3, 0.4) is 0 Å². The Kier molecular flexibility index (Phi) is 9.59. The number of halogens is 1. The monoisotopic (exact) mass is 641 g/mol. The first kappa shape index (κ1) is 31.0. The van der Waals surface area contributed by atoms with E-state index in [9.17, 15) is 19.5 Å². The number of ether oxygens (including phenoxy) is 1. The lowest BCUT2D eigenvalue weighted by atomic mass is 9.70. The van der Waals surface area contributed by atoms with Gasteiger partial charge >= 0.3 is 0 Å². The van der Waals surface area contributed by atoms with Crippen LogP contribution in [0.2, 0.25) is 0 Å². The topological polar surface area (TPSA) is 90.4 Å². The molecule has 1 N–H and O–H groups in total. The molecule has 3 amide bonds. The van der Waals surface area contributed by atoms with E-state index in [-0.39, 0.29) is 35.2 Å². The van der Waals surface area contributed by atoms with E-state index in [2.05, 4.69) is 29.1 Å². The largest absolute Gasteiger partial charge is 0.394 e. The van der Waals surface area contributed by atoms with Gasteiger partial charge in [0.2, 0.25) is 17.7 Å². The third-order valence-corrected chi connectivity index (χ3v) is 10.7. The molecule has 8 nitrogen and oxygen atoms in total. The summed E-state index contributed by atoms with van der Waals surface area (Å²) >= 11 is 3.79. The highest BCUT2D eigenvalue weighted by molar-refractivity contribution is 9.09. The Balaban J connectivity index is 1.55. The van der Waals surface area contributed by atoms with Crippen molar-refractivity contribution in [1.82, 2.24) is 14.7 Å². The maximum Gasteiger partial charge on any atom is 0.248 e. The zero-order valence-electron chi connectivity index (χ0n) is 24.6. The highest BCUT2D eigenvalue weighted by Crippen LogP contribution is 2.61. The highest BCUT2D eigenvalue weighted by Gasteiger charge is 2.77. The van der Waals surface area contributed by atoms with Crippen molar-refractivity contribution in [2.45, 2.75) is 93.1 Å². The molecule has 0 aromatic heterocycles. The molecule has 1 aromatic carbocycles. The molecular weight excluding hydrogens is 598 g/mol. The fourth-order valence-corrected chi connectivity index (χ4v) is 8.89. The van der Waals surface area contributed by atoms with E-state index in [0.717, 1.165) is 37.7 Å². The molecule has 7 atom stereocenters. The number of likely N-dealkylation sites (tertiary alicyclic amines) is 1. The fourth-order valence-electron chi connectivity index (χ4n) is 7.95. The van der Waals surface area contributed by atoms with E-state index in [1.807, 2.05) is 42.2 Å². The molecule has 9 heteroatoms. The summed E-state index contributed by atoms with van der Waals surface area (Å²) in [4.78, 5) is 48.6. The number of benzene rings is 1. The van der Waals surface area contributed by atoms with Gasteiger partial charge in [0.1, 0.15) is 11.6 Å². The Bertz CT molecular complexity index is 1170. The smallest absolute Gasteiger partial charge is 0.248 e. The second-order valence-corrected chi connectivity index (χ2v) is 13.4. The molecule has 42 heavy (non-hydrogen) atoms. The van der Waals surface area contributed by atoms with Gasteiger partial charge in [-0.2, -0.15) is 0 Å². The minimum Gasteiger partial charge on any atom is -0.394 e. The summed E-state index contributed by atoms with van der Waals surface area (Å²) in [7, 11) is 0. The molecule has 3 heterocycles. The van der Waals surface area contributed by atoms with Crippen LogP contribution in [0.4, 0.5) is 0 Å². The van der Waals surface area contributed by atoms with Crippen LogP contribution in [-0.4, -0.2) is 91.9 Å². The van der Waals surface area contributed by atoms with Gasteiger partial charge in [0.25, 0.3) is 0 Å². The Morgan fingerprint density at radius 1 is 1.14 bits per heavy atom. The maximum absolute atomic E-state index is 14.7. The SMILES string of the molecule is C=CCN(Cc1ccccc1)C(=O)[C@H]1[C@@H]2OC3(CC2Br)C(C(=O)N(CC=C)C2CCCCC2)N([C@@H](CC)CO)C(=O)[C@H]13. The maximum atomic E-state index is 14.7. The molecule has 3 saturated heterocycles. The number of carbonyl (C=O) groups is 3. The first-order valence-electron chi connectivity index (χ1n) is 15.4. The quantitative estimate of drug-likeness (QED) is 0.275. The Morgan fingerprint density at radius 3 is 2.45 bits per heavy atom. The van der Waals surface area contributed by atoms with Crippen LogP contribution in [-0.2, 0) is 25.7 Å². The predicted octanol–water partition coefficient (Wildman–Crippen LogP) is 4.07. The summed E-state index contributed by atoms with van der Waals surface area (Å²) < 4.78 is 6.76. The van der Waals surface area contributed by atoms with Crippen LogP contribution in [0.5, 0.6) is 0 Å². The fraction of sp³-hybridized carbons (Fsp3) is 0.606. The molecule has 5 rings (SSSR count). The van der Waals surface area contributed by atoms with E-state index < -0.39 is 35.6 Å². The first-order chi connectivity index (χ1) is 20.3. The van der Waals surface area contributed by atoms with Gasteiger partial charge in [-0.1, -0.05) is 84.6 Å². The van der Waals surface area contributed by atoms with E-state index >= 15 is 0 Å². The number of nitrogens with zero attached hydrogens (tertiary/aromatic N) is 3. The van der Waals surface area contributed by atoms with E-state index in [4.69, 9.17) is 4.74 Å². The van der Waals surface area contributed by atoms with Crippen LogP contribution >= 0.6 is 15.9 Å². The van der Waals surface area contributed by atoms with Gasteiger partial charge in [-0.15, -0.1) is 13.2 Å². The van der Waals surface area contributed by atoms with Crippen molar-refractivity contribution in [1.29, 1.82) is 0 Å². The zero-order chi connectivity index (χ0) is 30.0. The second-order valence-electron chi connectivity index (χ2n) is 12.2. The van der Waals surface area contributed by atoms with Crippen molar-refractivity contribution in [2.75, 3.05) is 19.7 Å². The number of fused-ring (bicyclic) bond motifs is 1. The molecule has 3 aliphatic heterocycles. The molecule has 228 valence electrons. The van der Waals surface area contributed by atoms with Crippen LogP contribution in [0.25, 0.3) is 0 Å². The number of aliphatic hydroxyl groups is 1. The minimum atomic E-state index is -1.16. The van der Waals surface area contributed by atoms with Crippen LogP contribution in [0.1, 0.15) is 57.4 Å². The van der Waals surface area contributed by atoms with Crippen molar-refractivity contribution in [3.8, 4) is 0 Å². The van der Waals surface area contributed by atoms with Crippen LogP contribution in [0, 0.1) is 11.8 Å². The lowest BCUT2D eigenvalue weighted by Gasteiger charge is -2.42. The number of rotatable bonds is 12. The molecule has 4 aliphatic rings. The normalized spacial score (nSPS) is 31.1. The number of aliphatic hydroxyl groups excluding tert-OH is 1. The van der Waals surface area contributed by atoms with Crippen LogP contribution < -0.4 is 0 Å². The third kappa shape index (κ3) is 5.26. The molecule has 1 spiro atoms. The second kappa shape index (κ2) is 13.0. The van der Waals surface area contributed by atoms with Crippen molar-refractivity contribution in [3.63, 3.8) is 0 Å². The van der Waals surface area contributed by atoms with Gasteiger partial charge < -0.3 is 24.5 Å². The van der Waals surface area contributed by atoms with Gasteiger partial charge in [0, 0.05) is 30.5 Å². The number of amides is 3. The molecule has 0 radical (unpaired) electrons. The lowest BCUT2D eigenvalue weighted by Crippen LogP contribution is -2.60. The predicted molar refractivity (Wildman–Crippen MR) is 165 cm³/mol. The Morgan fingerprint density at radius 2 is 1.83 bits per heavy atom. The molecule has 1 aromatic rings. The number of carbonyl (C=O) groups excluding carboxylic acids is 3. The van der Waals surface area contributed by atoms with Gasteiger partial charge in [-0.3, -0.25) is 14.4 Å². The summed E-state index contributed by atoms with van der Waals surface area (Å²) in [6.45, 7) is 10.5. The van der Waals surface area contributed by atoms with Crippen molar-refractivity contribution >= 4 is 33.7 Å². The van der Waals surface area contributed by atoms with Gasteiger partial charge in [0.15, 0.2) is 0 Å². The minimum absolute atomic E-state index is 0.0654. The molecular formula is C33H44BrN3O5. The highest BCUT2D eigenvalue weighted by atomic mass is 79.9. The number of hydrogen-bond donors (Lipinski definition) is 1. The molecule has 1 aliphatic carbocycles. The molecule has 3 unspecified atom stereocenters. The third-order valence-electron chi connectivity index (χ3n) is 9.82. The van der Waals surface area contributed by atoms with E-state index in [0.29, 0.717) is 32.5 Å². The average Bonchev–Trinajstić information content (AvgIpc) is 3.60. The van der Waals surface area contributed by atoms with Gasteiger partial charge in [0.05, 0.1) is 30.6 Å². The Labute approximate surface area is 257 Å². The molecule has 2 bridgehead atoms. The van der Waals surface area contributed by atoms with Crippen molar-refractivity contribution in [3.05, 3.63) is 61.2 Å². The standard InChI is InChI=1S/C33H44BrN3O5/c1-4-17-35(20-22-13-9-7-10-14-22)30(39)26-27-31(40)37(23(6-3)21-38)29(33(27)19-25(34)28(26)42-33)32(41)36(18-5-2)24-15-11-8-12-16-24/h4-5,7,9-10,13-14,23-29,38H,1-2,6,8,11-12,15-21H2,3H3/t23-,25?,26+,27-,28+,29?,33?/m0/s1. The summed E-state index contributed by atoms with van der Waals surface area (Å²) in [6.07, 6.45) is 8.92. The number of alkyl halides is 1. The average molecular weight is 643 g/mol.